The van der Waals surface area contributed by atoms with Gasteiger partial charge in [0.1, 0.15) is 0 Å². The number of carbonyl (C=O) groups excluding carboxylic acids is 1. The summed E-state index contributed by atoms with van der Waals surface area (Å²) in [6, 6.07) is 0. The Balaban J connectivity index is 1.97. The fourth-order valence-corrected chi connectivity index (χ4v) is 3.82. The normalized spacial score (nSPS) is 43.7. The van der Waals surface area contributed by atoms with Gasteiger partial charge in [0.2, 0.25) is 0 Å². The summed E-state index contributed by atoms with van der Waals surface area (Å²) in [5.41, 5.74) is 1.99. The summed E-state index contributed by atoms with van der Waals surface area (Å²) in [5.74, 6) is 2.81. The smallest absolute Gasteiger partial charge is 0.155 e. The SMILES string of the molecule is CC1(C)C2C[C@H]3CCC(=O)C=C3[C@@H]1C2. The third kappa shape index (κ3) is 0.933. The maximum Gasteiger partial charge on any atom is 0.155 e. The largest absolute Gasteiger partial charge is 0.295 e. The summed E-state index contributed by atoms with van der Waals surface area (Å²) in [5, 5.41) is 0. The van der Waals surface area contributed by atoms with Gasteiger partial charge in [0, 0.05) is 6.42 Å². The van der Waals surface area contributed by atoms with Crippen molar-refractivity contribution in [1.82, 2.24) is 0 Å². The van der Waals surface area contributed by atoms with Crippen molar-refractivity contribution in [1.29, 1.82) is 0 Å². The third-order valence-corrected chi connectivity index (χ3v) is 4.98. The molecule has 0 aromatic heterocycles. The molecule has 0 aromatic carbocycles. The third-order valence-electron chi connectivity index (χ3n) is 4.98. The zero-order valence-electron chi connectivity index (χ0n) is 9.05. The number of hydrogen-bond donors (Lipinski definition) is 0. The monoisotopic (exact) mass is 190 g/mol. The lowest BCUT2D eigenvalue weighted by atomic mass is 9.44. The van der Waals surface area contributed by atoms with Gasteiger partial charge in [-0.15, -0.1) is 0 Å². The molecule has 4 rings (SSSR count). The zero-order chi connectivity index (χ0) is 9.92. The van der Waals surface area contributed by atoms with Crippen LogP contribution in [0.2, 0.25) is 0 Å². The molecule has 3 saturated carbocycles. The van der Waals surface area contributed by atoms with Gasteiger partial charge in [0.05, 0.1) is 0 Å². The summed E-state index contributed by atoms with van der Waals surface area (Å²) in [4.78, 5) is 11.4. The highest BCUT2D eigenvalue weighted by Crippen LogP contribution is 2.64. The van der Waals surface area contributed by atoms with Gasteiger partial charge in [0.15, 0.2) is 5.78 Å². The molecule has 2 bridgehead atoms. The summed E-state index contributed by atoms with van der Waals surface area (Å²) < 4.78 is 0. The molecule has 0 spiro atoms. The molecule has 1 heteroatoms. The zero-order valence-corrected chi connectivity index (χ0v) is 9.05. The number of rotatable bonds is 0. The fraction of sp³-hybridized carbons (Fsp3) is 0.769. The van der Waals surface area contributed by atoms with Crippen molar-refractivity contribution in [3.05, 3.63) is 11.6 Å². The van der Waals surface area contributed by atoms with E-state index >= 15 is 0 Å². The molecule has 0 aliphatic heterocycles. The van der Waals surface area contributed by atoms with E-state index in [1.165, 1.54) is 18.4 Å². The molecule has 3 fully saturated rings. The Kier molecular flexibility index (Phi) is 1.55. The van der Waals surface area contributed by atoms with Crippen LogP contribution in [0.5, 0.6) is 0 Å². The molecule has 1 nitrogen and oxygen atoms in total. The second-order valence-electron chi connectivity index (χ2n) is 5.89. The molecular weight excluding hydrogens is 172 g/mol. The molecule has 0 aromatic rings. The molecule has 0 N–H and O–H groups in total. The molecule has 4 aliphatic rings. The number of ketones is 1. The molecule has 0 saturated heterocycles. The first-order valence-electron chi connectivity index (χ1n) is 5.83. The van der Waals surface area contributed by atoms with E-state index in [9.17, 15) is 4.79 Å². The van der Waals surface area contributed by atoms with Crippen molar-refractivity contribution < 1.29 is 4.79 Å². The van der Waals surface area contributed by atoms with Gasteiger partial charge in [-0.1, -0.05) is 19.4 Å². The van der Waals surface area contributed by atoms with Crippen molar-refractivity contribution in [2.75, 3.05) is 0 Å². The van der Waals surface area contributed by atoms with Crippen LogP contribution in [0, 0.1) is 23.2 Å². The van der Waals surface area contributed by atoms with E-state index in [-0.39, 0.29) is 0 Å². The van der Waals surface area contributed by atoms with Crippen LogP contribution in [0.4, 0.5) is 0 Å². The molecule has 14 heavy (non-hydrogen) atoms. The lowest BCUT2D eigenvalue weighted by Crippen LogP contribution is -2.52. The highest BCUT2D eigenvalue weighted by Gasteiger charge is 2.55. The Morgan fingerprint density at radius 2 is 2.14 bits per heavy atom. The minimum Gasteiger partial charge on any atom is -0.295 e. The minimum atomic E-state index is 0.373. The Morgan fingerprint density at radius 3 is 2.86 bits per heavy atom. The molecular formula is C13H18O. The quantitative estimate of drug-likeness (QED) is 0.574. The molecule has 3 atom stereocenters. The van der Waals surface area contributed by atoms with Crippen LogP contribution >= 0.6 is 0 Å². The second kappa shape index (κ2) is 2.50. The Labute approximate surface area is 85.6 Å². The van der Waals surface area contributed by atoms with Crippen molar-refractivity contribution in [2.24, 2.45) is 23.2 Å². The van der Waals surface area contributed by atoms with Gasteiger partial charge in [-0.05, 0) is 48.5 Å². The van der Waals surface area contributed by atoms with Gasteiger partial charge >= 0.3 is 0 Å². The maximum absolute atomic E-state index is 11.4. The molecule has 1 unspecified atom stereocenters. The van der Waals surface area contributed by atoms with Crippen LogP contribution in [0.1, 0.15) is 39.5 Å². The fourth-order valence-electron chi connectivity index (χ4n) is 3.82. The lowest BCUT2D eigenvalue weighted by Gasteiger charge is -2.60. The van der Waals surface area contributed by atoms with Crippen LogP contribution in [-0.2, 0) is 4.79 Å². The van der Waals surface area contributed by atoms with E-state index in [1.54, 1.807) is 0 Å². The van der Waals surface area contributed by atoms with Gasteiger partial charge in [0.25, 0.3) is 0 Å². The first-order chi connectivity index (χ1) is 6.59. The van der Waals surface area contributed by atoms with Gasteiger partial charge in [-0.25, -0.2) is 0 Å². The number of hydrogen-bond acceptors (Lipinski definition) is 1. The van der Waals surface area contributed by atoms with Crippen LogP contribution in [0.3, 0.4) is 0 Å². The highest BCUT2D eigenvalue weighted by molar-refractivity contribution is 5.91. The van der Waals surface area contributed by atoms with Crippen LogP contribution in [0.15, 0.2) is 11.6 Å². The summed E-state index contributed by atoms with van der Waals surface area (Å²) in [6.07, 6.45) is 6.61. The van der Waals surface area contributed by atoms with Gasteiger partial charge in [-0.3, -0.25) is 4.79 Å². The van der Waals surface area contributed by atoms with E-state index in [1.807, 2.05) is 6.08 Å². The predicted molar refractivity (Wildman–Crippen MR) is 55.8 cm³/mol. The summed E-state index contributed by atoms with van der Waals surface area (Å²) in [6.45, 7) is 4.75. The van der Waals surface area contributed by atoms with E-state index in [0.29, 0.717) is 11.2 Å². The summed E-state index contributed by atoms with van der Waals surface area (Å²) >= 11 is 0. The highest BCUT2D eigenvalue weighted by atomic mass is 16.1. The van der Waals surface area contributed by atoms with Crippen molar-refractivity contribution >= 4 is 5.78 Å². The molecule has 0 heterocycles. The van der Waals surface area contributed by atoms with Crippen molar-refractivity contribution in [2.45, 2.75) is 39.5 Å². The minimum absolute atomic E-state index is 0.373. The number of allylic oxidation sites excluding steroid dienone is 2. The average Bonchev–Trinajstić information content (AvgIpc) is 2.16. The Hall–Kier alpha value is -0.590. The first kappa shape index (κ1) is 8.70. The molecule has 4 aliphatic carbocycles. The predicted octanol–water partition coefficient (Wildman–Crippen LogP) is 2.96. The first-order valence-corrected chi connectivity index (χ1v) is 5.83. The van der Waals surface area contributed by atoms with E-state index in [4.69, 9.17) is 0 Å². The average molecular weight is 190 g/mol. The van der Waals surface area contributed by atoms with E-state index in [0.717, 1.165) is 30.6 Å². The van der Waals surface area contributed by atoms with Gasteiger partial charge < -0.3 is 0 Å². The molecule has 76 valence electrons. The van der Waals surface area contributed by atoms with E-state index < -0.39 is 0 Å². The van der Waals surface area contributed by atoms with Gasteiger partial charge in [-0.2, -0.15) is 0 Å². The van der Waals surface area contributed by atoms with Crippen LogP contribution in [-0.4, -0.2) is 5.78 Å². The number of carbonyl (C=O) groups is 1. The summed E-state index contributed by atoms with van der Waals surface area (Å²) in [7, 11) is 0. The van der Waals surface area contributed by atoms with Crippen molar-refractivity contribution in [3.8, 4) is 0 Å². The van der Waals surface area contributed by atoms with Crippen molar-refractivity contribution in [3.63, 3.8) is 0 Å². The molecule has 0 amide bonds. The van der Waals surface area contributed by atoms with E-state index in [2.05, 4.69) is 13.8 Å². The lowest BCUT2D eigenvalue weighted by molar-refractivity contribution is -0.116. The standard InChI is InChI=1S/C13H18O/c1-13(2)9-5-8-3-4-10(14)7-11(8)12(13)6-9/h7-9,12H,3-6H2,1-2H3/t8-,9?,12+/m1/s1. The van der Waals surface area contributed by atoms with Crippen LogP contribution < -0.4 is 0 Å². The second-order valence-corrected chi connectivity index (χ2v) is 5.89. The Bertz CT molecular complexity index is 324. The van der Waals surface area contributed by atoms with Crippen LogP contribution in [0.25, 0.3) is 0 Å². The molecule has 0 radical (unpaired) electrons. The maximum atomic E-state index is 11.4. The Morgan fingerprint density at radius 1 is 1.36 bits per heavy atom. The topological polar surface area (TPSA) is 17.1 Å².